The van der Waals surface area contributed by atoms with E-state index in [0.29, 0.717) is 13.0 Å². The van der Waals surface area contributed by atoms with Gasteiger partial charge >= 0.3 is 0 Å². The van der Waals surface area contributed by atoms with Crippen molar-refractivity contribution in [1.29, 1.82) is 0 Å². The number of anilines is 1. The zero-order valence-electron chi connectivity index (χ0n) is 9.56. The molecule has 0 spiro atoms. The molecule has 2 unspecified atom stereocenters. The van der Waals surface area contributed by atoms with E-state index in [0.717, 1.165) is 0 Å². The van der Waals surface area contributed by atoms with Crippen LogP contribution in [0, 0.1) is 0 Å². The first-order valence-electron chi connectivity index (χ1n) is 5.44. The molecule has 7 nitrogen and oxygen atoms in total. The van der Waals surface area contributed by atoms with Crippen LogP contribution in [0.25, 0.3) is 0 Å². The minimum Gasteiger partial charge on any atom is -0.396 e. The van der Waals surface area contributed by atoms with E-state index in [1.807, 2.05) is 0 Å². The fraction of sp³-hybridized carbons (Fsp3) is 0.600. The topological polar surface area (TPSA) is 113 Å². The highest BCUT2D eigenvalue weighted by molar-refractivity contribution is 5.96. The van der Waals surface area contributed by atoms with Gasteiger partial charge in [-0.3, -0.25) is 9.89 Å². The lowest BCUT2D eigenvalue weighted by molar-refractivity contribution is -0.0251. The number of aromatic amines is 1. The number of carbonyl (C=O) groups excluding carboxylic acids is 1. The van der Waals surface area contributed by atoms with Crippen LogP contribution >= 0.6 is 0 Å². The molecule has 1 aliphatic rings. The van der Waals surface area contributed by atoms with Crippen molar-refractivity contribution in [3.05, 3.63) is 11.9 Å². The number of ether oxygens (including phenoxy) is 1. The van der Waals surface area contributed by atoms with E-state index in [9.17, 15) is 9.90 Å². The lowest BCUT2D eigenvalue weighted by atomic mass is 9.97. The molecule has 0 saturated carbocycles. The van der Waals surface area contributed by atoms with Crippen LogP contribution in [-0.4, -0.2) is 46.1 Å². The molecule has 7 heteroatoms. The van der Waals surface area contributed by atoms with Gasteiger partial charge in [0.15, 0.2) is 0 Å². The number of carbonyl (C=O) groups is 1. The molecule has 1 amide bonds. The van der Waals surface area contributed by atoms with Gasteiger partial charge in [0.2, 0.25) is 0 Å². The number of aliphatic hydroxyl groups is 1. The Labute approximate surface area is 98.3 Å². The van der Waals surface area contributed by atoms with E-state index in [2.05, 4.69) is 15.5 Å². The molecule has 1 fully saturated rings. The molecule has 0 radical (unpaired) electrons. The maximum absolute atomic E-state index is 11.7. The maximum atomic E-state index is 11.7. The van der Waals surface area contributed by atoms with Crippen LogP contribution in [-0.2, 0) is 4.74 Å². The predicted molar refractivity (Wildman–Crippen MR) is 60.3 cm³/mol. The second kappa shape index (κ2) is 4.34. The average molecular weight is 240 g/mol. The minimum atomic E-state index is -1.01. The molecule has 5 N–H and O–H groups in total. The average Bonchev–Trinajstić information content (AvgIpc) is 2.84. The first kappa shape index (κ1) is 11.9. The van der Waals surface area contributed by atoms with Crippen LogP contribution in [0.1, 0.15) is 23.8 Å². The summed E-state index contributed by atoms with van der Waals surface area (Å²) in [6.45, 7) is 2.41. The molecule has 2 heterocycles. The summed E-state index contributed by atoms with van der Waals surface area (Å²) in [6, 6.07) is 0. The third-order valence-corrected chi connectivity index (χ3v) is 3.11. The monoisotopic (exact) mass is 240 g/mol. The Bertz CT molecular complexity index is 419. The van der Waals surface area contributed by atoms with E-state index in [-0.39, 0.29) is 29.9 Å². The second-order valence-electron chi connectivity index (χ2n) is 4.25. The van der Waals surface area contributed by atoms with Crippen molar-refractivity contribution in [1.82, 2.24) is 15.5 Å². The van der Waals surface area contributed by atoms with E-state index >= 15 is 0 Å². The highest BCUT2D eigenvalue weighted by Crippen LogP contribution is 2.24. The van der Waals surface area contributed by atoms with Gasteiger partial charge in [-0.05, 0) is 6.92 Å². The quantitative estimate of drug-likeness (QED) is 0.556. The Morgan fingerprint density at radius 1 is 1.88 bits per heavy atom. The third-order valence-electron chi connectivity index (χ3n) is 3.11. The molecule has 1 saturated heterocycles. The maximum Gasteiger partial charge on any atom is 0.271 e. The molecular formula is C10H16N4O3. The molecule has 1 aromatic heterocycles. The van der Waals surface area contributed by atoms with Crippen LogP contribution in [0.4, 0.5) is 5.69 Å². The standard InChI is InChI=1S/C10H16N4O3/c1-6-10(16,2-3-17-6)5-12-9(15)8-7(11)4-13-14-8/h4,6,16H,2-3,5,11H2,1H3,(H,12,15)(H,13,14). The normalized spacial score (nSPS) is 28.2. The van der Waals surface area contributed by atoms with Gasteiger partial charge in [0.25, 0.3) is 5.91 Å². The fourth-order valence-corrected chi connectivity index (χ4v) is 1.80. The highest BCUT2D eigenvalue weighted by Gasteiger charge is 2.39. The van der Waals surface area contributed by atoms with Gasteiger partial charge in [0.1, 0.15) is 11.3 Å². The number of nitrogens with one attached hydrogen (secondary N) is 2. The van der Waals surface area contributed by atoms with Gasteiger partial charge in [-0.2, -0.15) is 5.10 Å². The van der Waals surface area contributed by atoms with Crippen molar-refractivity contribution >= 4 is 11.6 Å². The zero-order valence-corrected chi connectivity index (χ0v) is 9.56. The molecule has 0 aliphatic carbocycles. The van der Waals surface area contributed by atoms with Crippen LogP contribution in [0.3, 0.4) is 0 Å². The fourth-order valence-electron chi connectivity index (χ4n) is 1.80. The molecule has 2 rings (SSSR count). The van der Waals surface area contributed by atoms with Gasteiger partial charge in [-0.1, -0.05) is 0 Å². The van der Waals surface area contributed by atoms with E-state index < -0.39 is 5.60 Å². The van der Waals surface area contributed by atoms with Crippen molar-refractivity contribution in [2.24, 2.45) is 0 Å². The zero-order chi connectivity index (χ0) is 12.5. The van der Waals surface area contributed by atoms with Crippen molar-refractivity contribution in [3.63, 3.8) is 0 Å². The van der Waals surface area contributed by atoms with Crippen molar-refractivity contribution < 1.29 is 14.6 Å². The summed E-state index contributed by atoms with van der Waals surface area (Å²) in [6.07, 6.45) is 1.58. The minimum absolute atomic E-state index is 0.130. The molecule has 17 heavy (non-hydrogen) atoms. The third kappa shape index (κ3) is 2.25. The number of amides is 1. The number of hydrogen-bond acceptors (Lipinski definition) is 5. The Morgan fingerprint density at radius 2 is 2.65 bits per heavy atom. The van der Waals surface area contributed by atoms with Crippen LogP contribution in [0.15, 0.2) is 6.20 Å². The summed E-state index contributed by atoms with van der Waals surface area (Å²) < 4.78 is 5.27. The van der Waals surface area contributed by atoms with Gasteiger partial charge in [-0.25, -0.2) is 0 Å². The highest BCUT2D eigenvalue weighted by atomic mass is 16.5. The number of rotatable bonds is 3. The van der Waals surface area contributed by atoms with E-state index in [1.54, 1.807) is 6.92 Å². The first-order chi connectivity index (χ1) is 8.03. The molecular weight excluding hydrogens is 224 g/mol. The summed E-state index contributed by atoms with van der Waals surface area (Å²) in [5, 5.41) is 19.0. The smallest absolute Gasteiger partial charge is 0.271 e. The largest absolute Gasteiger partial charge is 0.396 e. The Kier molecular flexibility index (Phi) is 3.03. The number of aromatic nitrogens is 2. The predicted octanol–water partition coefficient (Wildman–Crippen LogP) is -0.738. The summed E-state index contributed by atoms with van der Waals surface area (Å²) in [5.74, 6) is -0.382. The second-order valence-corrected chi connectivity index (χ2v) is 4.25. The lowest BCUT2D eigenvalue weighted by Gasteiger charge is -2.25. The van der Waals surface area contributed by atoms with E-state index in [1.165, 1.54) is 6.20 Å². The van der Waals surface area contributed by atoms with Crippen LogP contribution in [0.2, 0.25) is 0 Å². The van der Waals surface area contributed by atoms with Gasteiger partial charge < -0.3 is 20.9 Å². The van der Waals surface area contributed by atoms with Crippen molar-refractivity contribution in [3.8, 4) is 0 Å². The molecule has 2 atom stereocenters. The Balaban J connectivity index is 1.95. The van der Waals surface area contributed by atoms with E-state index in [4.69, 9.17) is 10.5 Å². The molecule has 1 aliphatic heterocycles. The number of nitrogen functional groups attached to an aromatic ring is 1. The van der Waals surface area contributed by atoms with Crippen molar-refractivity contribution in [2.45, 2.75) is 25.0 Å². The number of nitrogens with two attached hydrogens (primary N) is 1. The van der Waals surface area contributed by atoms with Gasteiger partial charge in [0.05, 0.1) is 18.0 Å². The Hall–Kier alpha value is -1.60. The summed E-state index contributed by atoms with van der Waals surface area (Å²) in [4.78, 5) is 11.7. The molecule has 0 bridgehead atoms. The number of hydrogen-bond donors (Lipinski definition) is 4. The number of nitrogens with zero attached hydrogens (tertiary/aromatic N) is 1. The van der Waals surface area contributed by atoms with Gasteiger partial charge in [0, 0.05) is 19.6 Å². The molecule has 0 aromatic carbocycles. The van der Waals surface area contributed by atoms with Crippen LogP contribution < -0.4 is 11.1 Å². The first-order valence-corrected chi connectivity index (χ1v) is 5.44. The summed E-state index contributed by atoms with van der Waals surface area (Å²) in [7, 11) is 0. The summed E-state index contributed by atoms with van der Waals surface area (Å²) >= 11 is 0. The number of H-pyrrole nitrogens is 1. The van der Waals surface area contributed by atoms with Crippen molar-refractivity contribution in [2.75, 3.05) is 18.9 Å². The summed E-state index contributed by atoms with van der Waals surface area (Å²) in [5.41, 5.74) is 5.03. The Morgan fingerprint density at radius 3 is 3.18 bits per heavy atom. The molecule has 94 valence electrons. The SMILES string of the molecule is CC1OCCC1(O)CNC(=O)c1[nH]ncc1N. The lowest BCUT2D eigenvalue weighted by Crippen LogP contribution is -2.47. The molecule has 1 aromatic rings. The van der Waals surface area contributed by atoms with Crippen LogP contribution in [0.5, 0.6) is 0 Å². The van der Waals surface area contributed by atoms with Gasteiger partial charge in [-0.15, -0.1) is 0 Å².